The second kappa shape index (κ2) is 8.92. The number of hydrogen-bond donors (Lipinski definition) is 0. The number of esters is 1. The molecule has 0 radical (unpaired) electrons. The summed E-state index contributed by atoms with van der Waals surface area (Å²) in [5.41, 5.74) is -2.48. The normalized spacial score (nSPS) is 44.8. The number of carbonyl (C=O) groups excluding carboxylic acids is 3. The van der Waals surface area contributed by atoms with Crippen molar-refractivity contribution in [1.29, 1.82) is 5.26 Å². The van der Waals surface area contributed by atoms with Crippen LogP contribution >= 0.6 is 0 Å². The van der Waals surface area contributed by atoms with Crippen LogP contribution in [0.4, 0.5) is 13.2 Å². The number of fused-ring (bicyclic) bond motifs is 7. The molecule has 8 heteroatoms. The predicted octanol–water partition coefficient (Wildman–Crippen LogP) is 7.39. The number of halogens is 3. The number of allylic oxidation sites excluding steroid dienone is 2. The monoisotopic (exact) mass is 575 g/mol. The highest BCUT2D eigenvalue weighted by atomic mass is 19.4. The molecule has 0 N–H and O–H groups in total. The van der Waals surface area contributed by atoms with Crippen molar-refractivity contribution in [2.24, 2.45) is 56.2 Å². The summed E-state index contributed by atoms with van der Waals surface area (Å²) in [5, 5.41) is 9.88. The lowest BCUT2D eigenvalue weighted by Gasteiger charge is -2.72. The van der Waals surface area contributed by atoms with E-state index < -0.39 is 33.8 Å². The summed E-state index contributed by atoms with van der Waals surface area (Å²) < 4.78 is 44.3. The average molecular weight is 576 g/mol. The average Bonchev–Trinajstić information content (AvgIpc) is 2.86. The molecule has 226 valence electrons. The summed E-state index contributed by atoms with van der Waals surface area (Å²) in [7, 11) is 0. The lowest BCUT2D eigenvalue weighted by Crippen LogP contribution is -2.69. The minimum Gasteiger partial charge on any atom is -0.458 e. The zero-order valence-electron chi connectivity index (χ0n) is 25.5. The smallest absolute Gasteiger partial charge is 0.458 e. The standard InChI is InChI=1S/C33H44F3NO4/c1-27(2)10-12-32(18-41-26(40)33(34,35)36)13-11-31(7)24(20(32)16-27)21(38)14-23-29(5)15-19(17-37)25(39)28(3,4)22(29)8-9-30(23,31)6/h15,20,22-24H,8-14,16,18H2,1-7H3. The number of Topliss-reactive ketones (excluding diaryl/α,β-unsaturated/α-hetero) is 2. The predicted molar refractivity (Wildman–Crippen MR) is 146 cm³/mol. The molecule has 0 saturated heterocycles. The van der Waals surface area contributed by atoms with Crippen molar-refractivity contribution in [3.63, 3.8) is 0 Å². The van der Waals surface area contributed by atoms with Gasteiger partial charge in [0.2, 0.25) is 0 Å². The molecule has 0 aliphatic heterocycles. The maximum atomic E-state index is 14.5. The van der Waals surface area contributed by atoms with Crippen LogP contribution in [0.3, 0.4) is 0 Å². The Kier molecular flexibility index (Phi) is 6.59. The van der Waals surface area contributed by atoms with Gasteiger partial charge in [-0.2, -0.15) is 18.4 Å². The van der Waals surface area contributed by atoms with Crippen molar-refractivity contribution in [3.05, 3.63) is 11.6 Å². The zero-order chi connectivity index (χ0) is 30.6. The minimum absolute atomic E-state index is 0.00343. The summed E-state index contributed by atoms with van der Waals surface area (Å²) in [6, 6.07) is 2.14. The van der Waals surface area contributed by atoms with Crippen LogP contribution in [0.1, 0.15) is 99.8 Å². The van der Waals surface area contributed by atoms with Gasteiger partial charge in [-0.3, -0.25) is 9.59 Å². The Labute approximate surface area is 241 Å². The first-order valence-electron chi connectivity index (χ1n) is 15.1. The van der Waals surface area contributed by atoms with Gasteiger partial charge in [0.25, 0.3) is 0 Å². The molecule has 0 heterocycles. The first kappa shape index (κ1) is 30.3. The first-order chi connectivity index (χ1) is 18.7. The number of nitrogens with zero attached hydrogens (tertiary/aromatic N) is 1. The van der Waals surface area contributed by atoms with E-state index in [4.69, 9.17) is 4.74 Å². The molecular formula is C33H44F3NO4. The van der Waals surface area contributed by atoms with Crippen LogP contribution in [0, 0.1) is 67.5 Å². The van der Waals surface area contributed by atoms with Gasteiger partial charge in [0.1, 0.15) is 11.9 Å². The molecule has 0 bridgehead atoms. The molecule has 0 spiro atoms. The number of nitriles is 1. The van der Waals surface area contributed by atoms with Crippen LogP contribution < -0.4 is 0 Å². The number of carbonyl (C=O) groups is 3. The molecule has 8 atom stereocenters. The Bertz CT molecular complexity index is 1260. The van der Waals surface area contributed by atoms with Gasteiger partial charge in [-0.05, 0) is 84.4 Å². The second-order valence-corrected chi connectivity index (χ2v) is 16.1. The molecule has 0 aromatic rings. The fraction of sp³-hybridized carbons (Fsp3) is 0.818. The topological polar surface area (TPSA) is 84.2 Å². The van der Waals surface area contributed by atoms with Gasteiger partial charge in [-0.1, -0.05) is 54.5 Å². The molecular weight excluding hydrogens is 531 g/mol. The van der Waals surface area contributed by atoms with Gasteiger partial charge in [0.05, 0.1) is 12.2 Å². The van der Waals surface area contributed by atoms with Gasteiger partial charge in [-0.25, -0.2) is 4.79 Å². The highest BCUT2D eigenvalue weighted by Crippen LogP contribution is 2.75. The van der Waals surface area contributed by atoms with Gasteiger partial charge in [0, 0.05) is 23.2 Å². The summed E-state index contributed by atoms with van der Waals surface area (Å²) in [4.78, 5) is 39.5. The highest BCUT2D eigenvalue weighted by molar-refractivity contribution is 6.04. The maximum Gasteiger partial charge on any atom is 0.490 e. The van der Waals surface area contributed by atoms with Gasteiger partial charge < -0.3 is 4.74 Å². The fourth-order valence-corrected chi connectivity index (χ4v) is 11.0. The number of hydrogen-bond acceptors (Lipinski definition) is 5. The first-order valence-corrected chi connectivity index (χ1v) is 15.1. The van der Waals surface area contributed by atoms with Crippen LogP contribution in [-0.2, 0) is 19.1 Å². The van der Waals surface area contributed by atoms with Crippen molar-refractivity contribution < 1.29 is 32.3 Å². The van der Waals surface area contributed by atoms with E-state index in [1.165, 1.54) is 0 Å². The van der Waals surface area contributed by atoms with E-state index in [0.717, 1.165) is 19.3 Å². The quantitative estimate of drug-likeness (QED) is 0.321. The van der Waals surface area contributed by atoms with E-state index in [2.05, 4.69) is 40.7 Å². The van der Waals surface area contributed by atoms with E-state index in [9.17, 15) is 32.8 Å². The third-order valence-corrected chi connectivity index (χ3v) is 13.4. The lowest BCUT2D eigenvalue weighted by atomic mass is 9.31. The Morgan fingerprint density at radius 1 is 0.976 bits per heavy atom. The molecule has 0 amide bonds. The van der Waals surface area contributed by atoms with Gasteiger partial charge in [-0.15, -0.1) is 0 Å². The molecule has 5 aliphatic rings. The summed E-state index contributed by atoms with van der Waals surface area (Å²) >= 11 is 0. The molecule has 0 aromatic carbocycles. The Morgan fingerprint density at radius 2 is 1.61 bits per heavy atom. The van der Waals surface area contributed by atoms with Gasteiger partial charge in [0.15, 0.2) is 5.78 Å². The zero-order valence-corrected chi connectivity index (χ0v) is 25.5. The SMILES string of the molecule is CC1(C)CCC2(COC(=O)C(F)(F)F)CCC3(C)C(C(=O)CC4C5(C)C=C(C#N)C(=O)C(C)(C)C5CCC43C)C2C1. The lowest BCUT2D eigenvalue weighted by molar-refractivity contribution is -0.233. The third kappa shape index (κ3) is 4.10. The number of rotatable bonds is 2. The molecule has 41 heavy (non-hydrogen) atoms. The summed E-state index contributed by atoms with van der Waals surface area (Å²) in [6.45, 7) is 14.5. The molecule has 5 rings (SSSR count). The molecule has 8 unspecified atom stereocenters. The molecule has 5 nitrogen and oxygen atoms in total. The summed E-state index contributed by atoms with van der Waals surface area (Å²) in [5.74, 6) is -2.75. The van der Waals surface area contributed by atoms with Crippen LogP contribution in [0.5, 0.6) is 0 Å². The van der Waals surface area contributed by atoms with Crippen LogP contribution in [0.15, 0.2) is 11.6 Å². The third-order valence-electron chi connectivity index (χ3n) is 13.4. The van der Waals surface area contributed by atoms with E-state index in [1.54, 1.807) is 0 Å². The van der Waals surface area contributed by atoms with E-state index in [0.29, 0.717) is 32.1 Å². The van der Waals surface area contributed by atoms with Crippen molar-refractivity contribution in [2.75, 3.05) is 6.61 Å². The van der Waals surface area contributed by atoms with Crippen molar-refractivity contribution in [2.45, 2.75) is 106 Å². The van der Waals surface area contributed by atoms with Crippen molar-refractivity contribution in [1.82, 2.24) is 0 Å². The molecule has 4 saturated carbocycles. The molecule has 4 fully saturated rings. The Balaban J connectivity index is 1.57. The van der Waals surface area contributed by atoms with Crippen LogP contribution in [-0.4, -0.2) is 30.3 Å². The van der Waals surface area contributed by atoms with Crippen molar-refractivity contribution >= 4 is 17.5 Å². The maximum absolute atomic E-state index is 14.5. The van der Waals surface area contributed by atoms with Crippen LogP contribution in [0.25, 0.3) is 0 Å². The van der Waals surface area contributed by atoms with Crippen molar-refractivity contribution in [3.8, 4) is 6.07 Å². The fourth-order valence-electron chi connectivity index (χ4n) is 11.0. The van der Waals surface area contributed by atoms with E-state index in [-0.39, 0.29) is 58.2 Å². The minimum atomic E-state index is -5.05. The molecule has 0 aromatic heterocycles. The summed E-state index contributed by atoms with van der Waals surface area (Å²) in [6.07, 6.45) is 2.17. The number of alkyl halides is 3. The number of ether oxygens (including phenoxy) is 1. The second-order valence-electron chi connectivity index (χ2n) is 16.1. The van der Waals surface area contributed by atoms with Crippen LogP contribution in [0.2, 0.25) is 0 Å². The largest absolute Gasteiger partial charge is 0.490 e. The highest BCUT2D eigenvalue weighted by Gasteiger charge is 2.72. The van der Waals surface area contributed by atoms with E-state index >= 15 is 0 Å². The number of ketones is 2. The Hall–Kier alpha value is -2.17. The Morgan fingerprint density at radius 3 is 2.22 bits per heavy atom. The van der Waals surface area contributed by atoms with E-state index in [1.807, 2.05) is 19.9 Å². The van der Waals surface area contributed by atoms with Gasteiger partial charge >= 0.3 is 12.1 Å². The molecule has 5 aliphatic carbocycles.